The van der Waals surface area contributed by atoms with Crippen LogP contribution in [0.15, 0.2) is 79.3 Å². The maximum Gasteiger partial charge on any atom is 0.0738 e. The maximum atomic E-state index is 5.68. The van der Waals surface area contributed by atoms with Gasteiger partial charge in [0.05, 0.1) is 6.04 Å². The molecule has 38 heavy (non-hydrogen) atoms. The van der Waals surface area contributed by atoms with Crippen LogP contribution >= 0.6 is 0 Å². The van der Waals surface area contributed by atoms with Crippen molar-refractivity contribution in [1.29, 1.82) is 0 Å². The van der Waals surface area contributed by atoms with Gasteiger partial charge < -0.3 is 20.9 Å². The van der Waals surface area contributed by atoms with E-state index in [2.05, 4.69) is 104 Å². The van der Waals surface area contributed by atoms with E-state index in [1.165, 1.54) is 22.9 Å². The number of aryl methyl sites for hydroxylation is 1. The monoisotopic (exact) mass is 512 g/mol. The molecule has 0 bridgehead atoms. The highest BCUT2D eigenvalue weighted by atomic mass is 15.1. The van der Waals surface area contributed by atoms with Crippen LogP contribution in [-0.4, -0.2) is 4.57 Å². The molecule has 1 aromatic heterocycles. The van der Waals surface area contributed by atoms with Gasteiger partial charge in [0.1, 0.15) is 0 Å². The molecule has 0 spiro atoms. The first-order chi connectivity index (χ1) is 18.3. The first-order valence-electron chi connectivity index (χ1n) is 13.9. The first-order valence-corrected chi connectivity index (χ1v) is 13.9. The predicted molar refractivity (Wildman–Crippen MR) is 168 cm³/mol. The molecular formula is C34H48N4. The van der Waals surface area contributed by atoms with Gasteiger partial charge in [-0.2, -0.15) is 0 Å². The number of hydrogen-bond donors (Lipinski definition) is 3. The summed E-state index contributed by atoms with van der Waals surface area (Å²) in [6.07, 6.45) is 4.87. The number of hydrogen-bond acceptors (Lipinski definition) is 3. The highest BCUT2D eigenvalue weighted by molar-refractivity contribution is 5.87. The molecule has 4 nitrogen and oxygen atoms in total. The molecule has 3 aromatic rings. The zero-order valence-electron chi connectivity index (χ0n) is 24.1. The van der Waals surface area contributed by atoms with Gasteiger partial charge in [-0.3, -0.25) is 0 Å². The summed E-state index contributed by atoms with van der Waals surface area (Å²) in [6, 6.07) is 14.9. The summed E-state index contributed by atoms with van der Waals surface area (Å²) in [5, 5.41) is 11.1. The lowest BCUT2D eigenvalue weighted by atomic mass is 10.0. The van der Waals surface area contributed by atoms with Gasteiger partial charge in [-0.05, 0) is 42.4 Å². The van der Waals surface area contributed by atoms with Crippen LogP contribution in [0.5, 0.6) is 0 Å². The van der Waals surface area contributed by atoms with Gasteiger partial charge in [0.2, 0.25) is 0 Å². The van der Waals surface area contributed by atoms with Gasteiger partial charge in [-0.15, -0.1) is 0 Å². The van der Waals surface area contributed by atoms with Crippen LogP contribution in [0.1, 0.15) is 76.1 Å². The Bertz CT molecular complexity index is 1330. The second kappa shape index (κ2) is 15.0. The van der Waals surface area contributed by atoms with Crippen LogP contribution in [0.4, 0.5) is 0 Å². The van der Waals surface area contributed by atoms with E-state index in [-0.39, 0.29) is 6.04 Å². The highest BCUT2D eigenvalue weighted by Gasteiger charge is 2.23. The molecule has 2 aromatic carbocycles. The van der Waals surface area contributed by atoms with Crippen molar-refractivity contribution in [2.24, 2.45) is 5.73 Å². The molecule has 0 aliphatic carbocycles. The molecule has 1 atom stereocenters. The quantitative estimate of drug-likeness (QED) is 0.321. The highest BCUT2D eigenvalue weighted by Crippen LogP contribution is 2.27. The lowest BCUT2D eigenvalue weighted by Gasteiger charge is -2.29. The predicted octanol–water partition coefficient (Wildman–Crippen LogP) is 6.55. The molecule has 204 valence electrons. The Kier molecular flexibility index (Phi) is 12.2. The van der Waals surface area contributed by atoms with Crippen LogP contribution in [0.25, 0.3) is 23.9 Å². The Balaban J connectivity index is 0.000000947. The van der Waals surface area contributed by atoms with Crippen molar-refractivity contribution in [1.82, 2.24) is 15.2 Å². The number of nitrogens with one attached hydrogen (secondary N) is 2. The third kappa shape index (κ3) is 7.52. The molecule has 4 heteroatoms. The molecule has 1 saturated heterocycles. The van der Waals surface area contributed by atoms with Crippen LogP contribution in [0.2, 0.25) is 0 Å². The Hall–Kier alpha value is -3.50. The van der Waals surface area contributed by atoms with Crippen molar-refractivity contribution < 1.29 is 0 Å². The van der Waals surface area contributed by atoms with E-state index in [0.717, 1.165) is 71.0 Å². The number of nitrogens with two attached hydrogens (primary N) is 1. The zero-order valence-corrected chi connectivity index (χ0v) is 24.1. The third-order valence-electron chi connectivity index (χ3n) is 6.60. The number of fused-ring (bicyclic) bond motifs is 1. The molecule has 1 aliphatic rings. The van der Waals surface area contributed by atoms with Gasteiger partial charge in [0.15, 0.2) is 0 Å². The summed E-state index contributed by atoms with van der Waals surface area (Å²) in [5.41, 5.74) is 12.3. The van der Waals surface area contributed by atoms with E-state index in [1.54, 1.807) is 0 Å². The molecule has 4 rings (SSSR count). The lowest BCUT2D eigenvalue weighted by Crippen LogP contribution is -2.36. The number of rotatable bonds is 8. The normalized spacial score (nSPS) is 14.6. The van der Waals surface area contributed by atoms with Crippen molar-refractivity contribution in [3.05, 3.63) is 107 Å². The summed E-state index contributed by atoms with van der Waals surface area (Å²) < 4.78 is 2.24. The van der Waals surface area contributed by atoms with E-state index >= 15 is 0 Å². The number of aromatic nitrogens is 1. The van der Waals surface area contributed by atoms with Crippen molar-refractivity contribution in [3.8, 4) is 0 Å². The largest absolute Gasteiger partial charge is 0.385 e. The summed E-state index contributed by atoms with van der Waals surface area (Å²) in [5.74, 6) is 0. The average Bonchev–Trinajstić information content (AvgIpc) is 3.18. The molecule has 0 saturated carbocycles. The molecule has 1 aliphatic heterocycles. The second-order valence-electron chi connectivity index (χ2n) is 9.60. The molecule has 2 heterocycles. The zero-order chi connectivity index (χ0) is 28.2. The molecule has 0 amide bonds. The van der Waals surface area contributed by atoms with E-state index in [1.807, 2.05) is 13.8 Å². The van der Waals surface area contributed by atoms with Gasteiger partial charge >= 0.3 is 0 Å². The molecule has 0 radical (unpaired) electrons. The molecule has 1 fully saturated rings. The van der Waals surface area contributed by atoms with Gasteiger partial charge in [0, 0.05) is 51.7 Å². The average molecular weight is 513 g/mol. The Morgan fingerprint density at radius 3 is 2.24 bits per heavy atom. The van der Waals surface area contributed by atoms with Crippen LogP contribution in [0, 0.1) is 0 Å². The number of allylic oxidation sites excluding steroid dienone is 3. The Labute approximate surface area is 230 Å². The molecular weight excluding hydrogens is 464 g/mol. The van der Waals surface area contributed by atoms with E-state index in [9.17, 15) is 0 Å². The number of benzene rings is 2. The maximum absolute atomic E-state index is 5.68. The van der Waals surface area contributed by atoms with E-state index < -0.39 is 0 Å². The minimum atomic E-state index is 0.137. The Morgan fingerprint density at radius 2 is 1.63 bits per heavy atom. The van der Waals surface area contributed by atoms with Gasteiger partial charge in [0.25, 0.3) is 0 Å². The van der Waals surface area contributed by atoms with Crippen LogP contribution in [-0.2, 0) is 19.5 Å². The standard InChI is InChI=1S/C29H34N4.C3H8.C2H6/c1-19(31-18-25-13-11-24(17-30)12-14-25)9-15-26-7-6-8-27-22(4)33(23(5)29(26)27)28-16-10-20(2)32-21(28)3;1-3-2;1-2/h6-8,11-14,28,31-32H,1-5,9-10,15-18,30H2;3H2,1-2H3;1-2H3. The summed E-state index contributed by atoms with van der Waals surface area (Å²) >= 11 is 0. The molecule has 4 N–H and O–H groups in total. The fraction of sp³-hybridized carbons (Fsp3) is 0.353. The van der Waals surface area contributed by atoms with Gasteiger partial charge in [-0.1, -0.05) is 109 Å². The van der Waals surface area contributed by atoms with Gasteiger partial charge in [-0.25, -0.2) is 0 Å². The number of nitrogens with zero attached hydrogens (tertiary/aromatic N) is 1. The summed E-state index contributed by atoms with van der Waals surface area (Å²) in [7, 11) is 0. The lowest BCUT2D eigenvalue weighted by molar-refractivity contribution is 0.458. The SMILES string of the molecule is C=C(CCc1cccc2c(=C)n(C3CCC(=C)NC3=C)c(=C)c12)NCc1ccc(CN)cc1.CC.CCC. The minimum absolute atomic E-state index is 0.137. The van der Waals surface area contributed by atoms with Crippen LogP contribution < -0.4 is 27.1 Å². The molecule has 1 unspecified atom stereocenters. The second-order valence-corrected chi connectivity index (χ2v) is 9.60. The van der Waals surface area contributed by atoms with Crippen molar-refractivity contribution in [2.75, 3.05) is 0 Å². The minimum Gasteiger partial charge on any atom is -0.385 e. The van der Waals surface area contributed by atoms with Crippen molar-refractivity contribution in [3.63, 3.8) is 0 Å². The topological polar surface area (TPSA) is 55.0 Å². The Morgan fingerprint density at radius 1 is 1.00 bits per heavy atom. The number of piperidine rings is 1. The third-order valence-corrected chi connectivity index (χ3v) is 6.60. The van der Waals surface area contributed by atoms with Crippen LogP contribution in [0.3, 0.4) is 0 Å². The summed E-state index contributed by atoms with van der Waals surface area (Å²) in [4.78, 5) is 0. The fourth-order valence-electron chi connectivity index (χ4n) is 4.72. The fourth-order valence-corrected chi connectivity index (χ4v) is 4.72. The smallest absolute Gasteiger partial charge is 0.0738 e. The van der Waals surface area contributed by atoms with Crippen molar-refractivity contribution in [2.45, 2.75) is 78.9 Å². The van der Waals surface area contributed by atoms with E-state index in [0.29, 0.717) is 6.54 Å². The first kappa shape index (κ1) is 30.7. The van der Waals surface area contributed by atoms with Crippen molar-refractivity contribution >= 4 is 23.9 Å². The van der Waals surface area contributed by atoms with E-state index in [4.69, 9.17) is 5.73 Å². The summed E-state index contributed by atoms with van der Waals surface area (Å²) in [6.45, 7) is 31.0.